The zero-order valence-corrected chi connectivity index (χ0v) is 15.5. The van der Waals surface area contributed by atoms with Crippen molar-refractivity contribution in [3.63, 3.8) is 0 Å². The first-order valence-electron chi connectivity index (χ1n) is 9.36. The number of fused-ring (bicyclic) bond motifs is 1. The van der Waals surface area contributed by atoms with Crippen molar-refractivity contribution in [2.75, 3.05) is 31.8 Å². The Labute approximate surface area is 154 Å². The van der Waals surface area contributed by atoms with Gasteiger partial charge in [0, 0.05) is 18.8 Å². The second-order valence-electron chi connectivity index (χ2n) is 6.85. The van der Waals surface area contributed by atoms with Gasteiger partial charge in [-0.2, -0.15) is 0 Å². The summed E-state index contributed by atoms with van der Waals surface area (Å²) in [5.41, 5.74) is 2.20. The first-order valence-corrected chi connectivity index (χ1v) is 9.36. The number of carbonyl (C=O) groups is 2. The maximum absolute atomic E-state index is 12.9. The second kappa shape index (κ2) is 8.64. The number of methoxy groups -OCH3 is 1. The molecule has 2 aliphatic heterocycles. The highest BCUT2D eigenvalue weighted by atomic mass is 16.5. The molecule has 26 heavy (non-hydrogen) atoms. The molecule has 1 fully saturated rings. The van der Waals surface area contributed by atoms with Crippen LogP contribution in [0.25, 0.3) is 0 Å². The topological polar surface area (TPSA) is 65.1 Å². The number of amides is 1. The highest BCUT2D eigenvalue weighted by molar-refractivity contribution is 6.00. The van der Waals surface area contributed by atoms with Crippen molar-refractivity contribution in [3.8, 4) is 0 Å². The lowest BCUT2D eigenvalue weighted by Gasteiger charge is -2.32. The van der Waals surface area contributed by atoms with E-state index in [0.717, 1.165) is 50.0 Å². The van der Waals surface area contributed by atoms with Crippen LogP contribution in [0.3, 0.4) is 0 Å². The van der Waals surface area contributed by atoms with E-state index in [1.165, 1.54) is 7.11 Å². The van der Waals surface area contributed by atoms with E-state index < -0.39 is 6.10 Å². The highest BCUT2D eigenvalue weighted by Crippen LogP contribution is 2.31. The number of hydrogen-bond donors (Lipinski definition) is 0. The highest BCUT2D eigenvalue weighted by Gasteiger charge is 2.30. The number of benzene rings is 1. The molecule has 0 bridgehead atoms. The third-order valence-corrected chi connectivity index (χ3v) is 5.08. The minimum absolute atomic E-state index is 0.0798. The predicted molar refractivity (Wildman–Crippen MR) is 97.5 cm³/mol. The predicted octanol–water partition coefficient (Wildman–Crippen LogP) is 2.73. The lowest BCUT2D eigenvalue weighted by atomic mass is 9.96. The Bertz CT molecular complexity index is 654. The fraction of sp³-hybridized carbons (Fsp3) is 0.600. The van der Waals surface area contributed by atoms with Gasteiger partial charge in [0.2, 0.25) is 0 Å². The summed E-state index contributed by atoms with van der Waals surface area (Å²) in [7, 11) is 1.37. The van der Waals surface area contributed by atoms with Crippen molar-refractivity contribution in [1.82, 2.24) is 0 Å². The van der Waals surface area contributed by atoms with Crippen LogP contribution in [0.1, 0.15) is 48.5 Å². The van der Waals surface area contributed by atoms with Crippen molar-refractivity contribution in [2.45, 2.75) is 51.2 Å². The minimum Gasteiger partial charge on any atom is -0.465 e. The standard InChI is InChI=1S/C20H27NO5/c1-14(26-13-15-7-3-4-12-25-15)19(22)21-11-6-9-16-17(20(23)24-2)8-5-10-18(16)21/h5,8,10,14-15H,3-4,6-7,9,11-13H2,1-2H3. The largest absolute Gasteiger partial charge is 0.465 e. The third kappa shape index (κ3) is 4.07. The van der Waals surface area contributed by atoms with Gasteiger partial charge in [-0.1, -0.05) is 6.07 Å². The quantitative estimate of drug-likeness (QED) is 0.755. The fourth-order valence-corrected chi connectivity index (χ4v) is 3.64. The Morgan fingerprint density at radius 3 is 2.88 bits per heavy atom. The normalized spacial score (nSPS) is 21.0. The maximum atomic E-state index is 12.9. The summed E-state index contributed by atoms with van der Waals surface area (Å²) in [5.74, 6) is -0.446. The molecule has 1 amide bonds. The van der Waals surface area contributed by atoms with Gasteiger partial charge in [0.05, 0.1) is 25.4 Å². The van der Waals surface area contributed by atoms with E-state index in [4.69, 9.17) is 14.2 Å². The van der Waals surface area contributed by atoms with Crippen molar-refractivity contribution in [3.05, 3.63) is 29.3 Å². The SMILES string of the molecule is COC(=O)c1cccc2c1CCCN2C(=O)C(C)OCC1CCCCO1. The number of hydrogen-bond acceptors (Lipinski definition) is 5. The van der Waals surface area contributed by atoms with Crippen molar-refractivity contribution < 1.29 is 23.8 Å². The molecular weight excluding hydrogens is 334 g/mol. The molecule has 6 nitrogen and oxygen atoms in total. The van der Waals surface area contributed by atoms with Crippen LogP contribution in [-0.2, 0) is 25.4 Å². The first-order chi connectivity index (χ1) is 12.6. The number of ether oxygens (including phenoxy) is 3. The van der Waals surface area contributed by atoms with Gasteiger partial charge in [-0.05, 0) is 56.7 Å². The molecule has 1 aromatic rings. The number of nitrogens with zero attached hydrogens (tertiary/aromatic N) is 1. The van der Waals surface area contributed by atoms with Gasteiger partial charge in [0.15, 0.2) is 0 Å². The molecule has 0 N–H and O–H groups in total. The van der Waals surface area contributed by atoms with Gasteiger partial charge in [-0.25, -0.2) is 4.79 Å². The summed E-state index contributed by atoms with van der Waals surface area (Å²) >= 11 is 0. The van der Waals surface area contributed by atoms with Crippen molar-refractivity contribution >= 4 is 17.6 Å². The van der Waals surface area contributed by atoms with Crippen LogP contribution in [0.4, 0.5) is 5.69 Å². The number of carbonyl (C=O) groups excluding carboxylic acids is 2. The van der Waals surface area contributed by atoms with E-state index >= 15 is 0 Å². The Balaban J connectivity index is 1.70. The molecule has 2 aliphatic rings. The van der Waals surface area contributed by atoms with Crippen LogP contribution in [0, 0.1) is 0 Å². The molecule has 142 valence electrons. The van der Waals surface area contributed by atoms with Crippen LogP contribution in [0.2, 0.25) is 0 Å². The molecule has 2 heterocycles. The summed E-state index contributed by atoms with van der Waals surface area (Å²) < 4.78 is 16.3. The summed E-state index contributed by atoms with van der Waals surface area (Å²) in [6.45, 7) is 3.62. The first kappa shape index (κ1) is 18.9. The molecule has 0 aromatic heterocycles. The average Bonchev–Trinajstić information content (AvgIpc) is 2.70. The van der Waals surface area contributed by atoms with Crippen LogP contribution >= 0.6 is 0 Å². The summed E-state index contributed by atoms with van der Waals surface area (Å²) in [4.78, 5) is 26.7. The summed E-state index contributed by atoms with van der Waals surface area (Å²) in [6.07, 6.45) is 4.33. The van der Waals surface area contributed by atoms with E-state index in [-0.39, 0.29) is 18.0 Å². The second-order valence-corrected chi connectivity index (χ2v) is 6.85. The Hall–Kier alpha value is -1.92. The van der Waals surface area contributed by atoms with Gasteiger partial charge in [0.25, 0.3) is 5.91 Å². The molecular formula is C20H27NO5. The zero-order chi connectivity index (χ0) is 18.5. The third-order valence-electron chi connectivity index (χ3n) is 5.08. The van der Waals surface area contributed by atoms with E-state index in [1.807, 2.05) is 6.07 Å². The Kier molecular flexibility index (Phi) is 6.27. The van der Waals surface area contributed by atoms with Crippen LogP contribution < -0.4 is 4.90 Å². The fourth-order valence-electron chi connectivity index (χ4n) is 3.64. The molecule has 1 aromatic carbocycles. The van der Waals surface area contributed by atoms with E-state index in [9.17, 15) is 9.59 Å². The van der Waals surface area contributed by atoms with Gasteiger partial charge in [-0.3, -0.25) is 4.79 Å². The van der Waals surface area contributed by atoms with Gasteiger partial charge >= 0.3 is 5.97 Å². The molecule has 0 aliphatic carbocycles. The smallest absolute Gasteiger partial charge is 0.338 e. The molecule has 0 spiro atoms. The Morgan fingerprint density at radius 1 is 1.31 bits per heavy atom. The molecule has 3 rings (SSSR count). The number of anilines is 1. The van der Waals surface area contributed by atoms with Crippen LogP contribution in [-0.4, -0.2) is 51.0 Å². The molecule has 1 saturated heterocycles. The summed E-state index contributed by atoms with van der Waals surface area (Å²) in [6, 6.07) is 5.42. The zero-order valence-electron chi connectivity index (χ0n) is 15.5. The number of esters is 1. The Morgan fingerprint density at radius 2 is 2.15 bits per heavy atom. The molecule has 2 unspecified atom stereocenters. The van der Waals surface area contributed by atoms with E-state index in [1.54, 1.807) is 24.0 Å². The van der Waals surface area contributed by atoms with E-state index in [2.05, 4.69) is 0 Å². The van der Waals surface area contributed by atoms with Crippen LogP contribution in [0.15, 0.2) is 18.2 Å². The van der Waals surface area contributed by atoms with Crippen molar-refractivity contribution in [1.29, 1.82) is 0 Å². The number of rotatable bonds is 5. The minimum atomic E-state index is -0.548. The molecule has 6 heteroatoms. The van der Waals surface area contributed by atoms with Crippen molar-refractivity contribution in [2.24, 2.45) is 0 Å². The maximum Gasteiger partial charge on any atom is 0.338 e. The average molecular weight is 361 g/mol. The lowest BCUT2D eigenvalue weighted by Crippen LogP contribution is -2.43. The van der Waals surface area contributed by atoms with Crippen LogP contribution in [0.5, 0.6) is 0 Å². The van der Waals surface area contributed by atoms with Gasteiger partial charge in [-0.15, -0.1) is 0 Å². The lowest BCUT2D eigenvalue weighted by molar-refractivity contribution is -0.132. The summed E-state index contributed by atoms with van der Waals surface area (Å²) in [5, 5.41) is 0. The monoisotopic (exact) mass is 361 g/mol. The van der Waals surface area contributed by atoms with Gasteiger partial charge < -0.3 is 19.1 Å². The van der Waals surface area contributed by atoms with E-state index in [0.29, 0.717) is 18.7 Å². The van der Waals surface area contributed by atoms with Gasteiger partial charge in [0.1, 0.15) is 6.10 Å². The molecule has 0 saturated carbocycles. The molecule has 0 radical (unpaired) electrons. The molecule has 2 atom stereocenters.